The SMILES string of the molecule is Cc1cc(=O)cc(C2CNC2)[nH]1. The van der Waals surface area contributed by atoms with Gasteiger partial charge in [-0.2, -0.15) is 0 Å². The number of aromatic nitrogens is 1. The normalized spacial score (nSPS) is 17.4. The Balaban J connectivity index is 2.36. The van der Waals surface area contributed by atoms with E-state index in [-0.39, 0.29) is 5.43 Å². The molecule has 0 spiro atoms. The maximum atomic E-state index is 11.1. The Labute approximate surface area is 70.8 Å². The van der Waals surface area contributed by atoms with E-state index in [1.165, 1.54) is 0 Å². The number of pyridine rings is 1. The third kappa shape index (κ3) is 1.28. The third-order valence-electron chi connectivity index (χ3n) is 2.22. The molecule has 1 aromatic heterocycles. The first-order valence-corrected chi connectivity index (χ1v) is 4.17. The van der Waals surface area contributed by atoms with E-state index in [9.17, 15) is 4.79 Å². The zero-order valence-electron chi connectivity index (χ0n) is 7.05. The zero-order valence-corrected chi connectivity index (χ0v) is 7.05. The van der Waals surface area contributed by atoms with Gasteiger partial charge in [0, 0.05) is 42.5 Å². The van der Waals surface area contributed by atoms with Crippen molar-refractivity contribution in [2.45, 2.75) is 12.8 Å². The number of hydrogen-bond donors (Lipinski definition) is 2. The van der Waals surface area contributed by atoms with Crippen molar-refractivity contribution in [3.05, 3.63) is 33.7 Å². The van der Waals surface area contributed by atoms with E-state index in [0.29, 0.717) is 5.92 Å². The highest BCUT2D eigenvalue weighted by atomic mass is 16.1. The van der Waals surface area contributed by atoms with Gasteiger partial charge in [0.25, 0.3) is 0 Å². The molecule has 2 heterocycles. The second kappa shape index (κ2) is 2.75. The first-order valence-electron chi connectivity index (χ1n) is 4.17. The Morgan fingerprint density at radius 1 is 1.42 bits per heavy atom. The van der Waals surface area contributed by atoms with Gasteiger partial charge in [-0.3, -0.25) is 4.79 Å². The molecule has 3 heteroatoms. The van der Waals surface area contributed by atoms with Crippen LogP contribution in [0, 0.1) is 6.92 Å². The molecule has 64 valence electrons. The Bertz CT molecular complexity index is 339. The summed E-state index contributed by atoms with van der Waals surface area (Å²) in [6.07, 6.45) is 0. The molecule has 0 atom stereocenters. The summed E-state index contributed by atoms with van der Waals surface area (Å²) in [4.78, 5) is 14.3. The number of aromatic amines is 1. The molecule has 1 aliphatic heterocycles. The lowest BCUT2D eigenvalue weighted by Crippen LogP contribution is -2.40. The molecule has 0 bridgehead atoms. The first-order chi connectivity index (χ1) is 5.75. The lowest BCUT2D eigenvalue weighted by Gasteiger charge is -2.27. The Morgan fingerprint density at radius 3 is 2.67 bits per heavy atom. The minimum absolute atomic E-state index is 0.105. The van der Waals surface area contributed by atoms with Crippen molar-refractivity contribution < 1.29 is 0 Å². The van der Waals surface area contributed by atoms with Crippen molar-refractivity contribution in [2.75, 3.05) is 13.1 Å². The van der Waals surface area contributed by atoms with Crippen LogP contribution in [0.4, 0.5) is 0 Å². The summed E-state index contributed by atoms with van der Waals surface area (Å²) in [5.41, 5.74) is 2.12. The van der Waals surface area contributed by atoms with Gasteiger partial charge in [-0.15, -0.1) is 0 Å². The maximum Gasteiger partial charge on any atom is 0.182 e. The molecule has 0 aromatic carbocycles. The van der Waals surface area contributed by atoms with Crippen molar-refractivity contribution in [3.63, 3.8) is 0 Å². The lowest BCUT2D eigenvalue weighted by molar-refractivity contribution is 0.439. The van der Waals surface area contributed by atoms with Crippen molar-refractivity contribution in [2.24, 2.45) is 0 Å². The predicted molar refractivity (Wildman–Crippen MR) is 47.4 cm³/mol. The Kier molecular flexibility index (Phi) is 1.73. The van der Waals surface area contributed by atoms with Crippen molar-refractivity contribution in [3.8, 4) is 0 Å². The molecule has 1 aliphatic rings. The minimum Gasteiger partial charge on any atom is -0.362 e. The van der Waals surface area contributed by atoms with Crippen LogP contribution in [0.15, 0.2) is 16.9 Å². The van der Waals surface area contributed by atoms with Crippen molar-refractivity contribution in [1.29, 1.82) is 0 Å². The largest absolute Gasteiger partial charge is 0.362 e. The molecule has 1 aromatic rings. The first kappa shape index (κ1) is 7.55. The number of nitrogens with one attached hydrogen (secondary N) is 2. The van der Waals surface area contributed by atoms with Gasteiger partial charge in [0.15, 0.2) is 5.43 Å². The number of hydrogen-bond acceptors (Lipinski definition) is 2. The van der Waals surface area contributed by atoms with Crippen LogP contribution in [0.5, 0.6) is 0 Å². The molecule has 0 aliphatic carbocycles. The highest BCUT2D eigenvalue weighted by molar-refractivity contribution is 5.17. The van der Waals surface area contributed by atoms with Crippen LogP contribution >= 0.6 is 0 Å². The molecule has 0 unspecified atom stereocenters. The van der Waals surface area contributed by atoms with Gasteiger partial charge in [-0.1, -0.05) is 0 Å². The predicted octanol–water partition coefficient (Wildman–Crippen LogP) is 0.370. The summed E-state index contributed by atoms with van der Waals surface area (Å²) >= 11 is 0. The molecule has 1 fully saturated rings. The van der Waals surface area contributed by atoms with E-state index in [2.05, 4.69) is 10.3 Å². The van der Waals surface area contributed by atoms with Gasteiger partial charge in [-0.25, -0.2) is 0 Å². The van der Waals surface area contributed by atoms with Crippen LogP contribution in [-0.2, 0) is 0 Å². The minimum atomic E-state index is 0.105. The molecule has 3 nitrogen and oxygen atoms in total. The lowest BCUT2D eigenvalue weighted by atomic mass is 9.98. The molecule has 12 heavy (non-hydrogen) atoms. The number of aryl methyl sites for hydroxylation is 1. The molecular weight excluding hydrogens is 152 g/mol. The molecule has 2 N–H and O–H groups in total. The molecule has 1 saturated heterocycles. The van der Waals surface area contributed by atoms with E-state index in [4.69, 9.17) is 0 Å². The molecule has 0 radical (unpaired) electrons. The average Bonchev–Trinajstić information content (AvgIpc) is 1.79. The standard InChI is InChI=1S/C9H12N2O/c1-6-2-8(12)3-9(11-6)7-4-10-5-7/h2-3,7,10H,4-5H2,1H3,(H,11,12). The van der Waals surface area contributed by atoms with E-state index in [1.54, 1.807) is 12.1 Å². The maximum absolute atomic E-state index is 11.1. The van der Waals surface area contributed by atoms with Gasteiger partial charge >= 0.3 is 0 Å². The van der Waals surface area contributed by atoms with E-state index in [1.807, 2.05) is 6.92 Å². The van der Waals surface area contributed by atoms with E-state index >= 15 is 0 Å². The van der Waals surface area contributed by atoms with Crippen LogP contribution in [0.2, 0.25) is 0 Å². The molecule has 2 rings (SSSR count). The highest BCUT2D eigenvalue weighted by Crippen LogP contribution is 2.15. The smallest absolute Gasteiger partial charge is 0.182 e. The summed E-state index contributed by atoms with van der Waals surface area (Å²) in [5, 5.41) is 3.18. The molecular formula is C9H12N2O. The third-order valence-corrected chi connectivity index (χ3v) is 2.22. The van der Waals surface area contributed by atoms with Gasteiger partial charge in [-0.05, 0) is 6.92 Å². The van der Waals surface area contributed by atoms with Crippen molar-refractivity contribution in [1.82, 2.24) is 10.3 Å². The van der Waals surface area contributed by atoms with Crippen LogP contribution in [0.3, 0.4) is 0 Å². The van der Waals surface area contributed by atoms with Crippen LogP contribution in [0.25, 0.3) is 0 Å². The second-order valence-electron chi connectivity index (χ2n) is 3.31. The van der Waals surface area contributed by atoms with E-state index < -0.39 is 0 Å². The van der Waals surface area contributed by atoms with Gasteiger partial charge in [0.05, 0.1) is 0 Å². The summed E-state index contributed by atoms with van der Waals surface area (Å²) < 4.78 is 0. The molecule has 0 saturated carbocycles. The van der Waals surface area contributed by atoms with Crippen LogP contribution in [0.1, 0.15) is 17.3 Å². The summed E-state index contributed by atoms with van der Waals surface area (Å²) in [5.74, 6) is 0.512. The van der Waals surface area contributed by atoms with Crippen molar-refractivity contribution >= 4 is 0 Å². The summed E-state index contributed by atoms with van der Waals surface area (Å²) in [6.45, 7) is 3.88. The monoisotopic (exact) mass is 164 g/mol. The molecule has 0 amide bonds. The quantitative estimate of drug-likeness (QED) is 0.630. The summed E-state index contributed by atoms with van der Waals surface area (Å²) in [6, 6.07) is 3.31. The summed E-state index contributed by atoms with van der Waals surface area (Å²) in [7, 11) is 0. The van der Waals surface area contributed by atoms with Crippen LogP contribution in [-0.4, -0.2) is 18.1 Å². The second-order valence-corrected chi connectivity index (χ2v) is 3.31. The zero-order chi connectivity index (χ0) is 8.55. The van der Waals surface area contributed by atoms with Gasteiger partial charge < -0.3 is 10.3 Å². The fourth-order valence-corrected chi connectivity index (χ4v) is 1.44. The topological polar surface area (TPSA) is 44.9 Å². The fraction of sp³-hybridized carbons (Fsp3) is 0.444. The number of rotatable bonds is 1. The number of H-pyrrole nitrogens is 1. The average molecular weight is 164 g/mol. The van der Waals surface area contributed by atoms with Gasteiger partial charge in [0.1, 0.15) is 0 Å². The van der Waals surface area contributed by atoms with Gasteiger partial charge in [0.2, 0.25) is 0 Å². The van der Waals surface area contributed by atoms with E-state index in [0.717, 1.165) is 24.5 Å². The van der Waals surface area contributed by atoms with Crippen LogP contribution < -0.4 is 10.7 Å². The fourth-order valence-electron chi connectivity index (χ4n) is 1.44. The Hall–Kier alpha value is -1.09. The highest BCUT2D eigenvalue weighted by Gasteiger charge is 2.19. The Morgan fingerprint density at radius 2 is 2.17 bits per heavy atom.